The summed E-state index contributed by atoms with van der Waals surface area (Å²) < 4.78 is 12.5. The molecule has 4 nitrogen and oxygen atoms in total. The first kappa shape index (κ1) is 11.6. The van der Waals surface area contributed by atoms with Gasteiger partial charge in [0.25, 0.3) is 0 Å². The number of carboxylic acids is 1. The lowest BCUT2D eigenvalue weighted by molar-refractivity contribution is -0.145. The molecule has 0 rings (SSSR count). The highest BCUT2D eigenvalue weighted by molar-refractivity contribution is 6.22. The highest BCUT2D eigenvalue weighted by Crippen LogP contribution is 2.20. The minimum Gasteiger partial charge on any atom is -0.480 e. The van der Waals surface area contributed by atoms with Gasteiger partial charge in [-0.15, -0.1) is 0 Å². The summed E-state index contributed by atoms with van der Waals surface area (Å²) in [7, 11) is 0. The summed E-state index contributed by atoms with van der Waals surface area (Å²) in [5, 5.41) is 8.54. The van der Waals surface area contributed by atoms with Gasteiger partial charge < -0.3 is 16.6 Å². The largest absolute Gasteiger partial charge is 0.480 e. The molecule has 0 fully saturated rings. The molecule has 0 aliphatic rings. The van der Waals surface area contributed by atoms with E-state index < -0.39 is 17.1 Å². The number of hydrogen-bond acceptors (Lipinski definition) is 3. The Bertz CT molecular complexity index is 168. The standard InChI is InChI=1S/C6H12ClFN2O2/c7-4(8)6(10,5(11)12)2-1-3-9/h4H,1-3,9-10H2,(H,11,12). The van der Waals surface area contributed by atoms with Crippen LogP contribution in [-0.4, -0.2) is 28.8 Å². The van der Waals surface area contributed by atoms with Crippen molar-refractivity contribution < 1.29 is 14.3 Å². The highest BCUT2D eigenvalue weighted by atomic mass is 35.5. The van der Waals surface area contributed by atoms with Crippen molar-refractivity contribution in [2.75, 3.05) is 6.54 Å². The fourth-order valence-corrected chi connectivity index (χ4v) is 0.906. The topological polar surface area (TPSA) is 89.3 Å². The zero-order chi connectivity index (χ0) is 9.78. The molecule has 0 aliphatic carbocycles. The average molecular weight is 199 g/mol. The first-order chi connectivity index (χ1) is 5.45. The van der Waals surface area contributed by atoms with Crippen molar-refractivity contribution in [3.8, 4) is 0 Å². The van der Waals surface area contributed by atoms with Gasteiger partial charge >= 0.3 is 5.97 Å². The zero-order valence-corrected chi connectivity index (χ0v) is 7.22. The molecular weight excluding hydrogens is 187 g/mol. The van der Waals surface area contributed by atoms with Gasteiger partial charge in [-0.05, 0) is 19.4 Å². The third-order valence-electron chi connectivity index (χ3n) is 1.58. The first-order valence-electron chi connectivity index (χ1n) is 3.45. The van der Waals surface area contributed by atoms with E-state index in [0.717, 1.165) is 0 Å². The van der Waals surface area contributed by atoms with E-state index >= 15 is 0 Å². The zero-order valence-electron chi connectivity index (χ0n) is 6.46. The number of nitrogens with two attached hydrogens (primary N) is 2. The second kappa shape index (κ2) is 4.59. The van der Waals surface area contributed by atoms with Crippen LogP contribution in [0.2, 0.25) is 0 Å². The van der Waals surface area contributed by atoms with Crippen LogP contribution in [0.3, 0.4) is 0 Å². The monoisotopic (exact) mass is 198 g/mol. The van der Waals surface area contributed by atoms with E-state index in [-0.39, 0.29) is 13.0 Å². The van der Waals surface area contributed by atoms with Crippen LogP contribution in [-0.2, 0) is 4.79 Å². The van der Waals surface area contributed by atoms with Crippen molar-refractivity contribution >= 4 is 17.6 Å². The van der Waals surface area contributed by atoms with Crippen molar-refractivity contribution in [2.45, 2.75) is 24.0 Å². The minimum absolute atomic E-state index is 0.0660. The maximum absolute atomic E-state index is 12.5. The lowest BCUT2D eigenvalue weighted by Crippen LogP contribution is -2.54. The third-order valence-corrected chi connectivity index (χ3v) is 1.97. The van der Waals surface area contributed by atoms with E-state index in [0.29, 0.717) is 6.42 Å². The van der Waals surface area contributed by atoms with Gasteiger partial charge in [0.15, 0.2) is 5.54 Å². The Morgan fingerprint density at radius 3 is 2.50 bits per heavy atom. The summed E-state index contributed by atoms with van der Waals surface area (Å²) in [6.07, 6.45) is 0.263. The molecular formula is C6H12ClFN2O2. The molecule has 0 aromatic heterocycles. The van der Waals surface area contributed by atoms with Crippen molar-refractivity contribution in [2.24, 2.45) is 11.5 Å². The van der Waals surface area contributed by atoms with Gasteiger partial charge in [-0.3, -0.25) is 4.79 Å². The molecule has 6 heteroatoms. The molecule has 0 aromatic carbocycles. The smallest absolute Gasteiger partial charge is 0.328 e. The number of alkyl halides is 2. The minimum atomic E-state index is -2.10. The molecule has 0 bridgehead atoms. The summed E-state index contributed by atoms with van der Waals surface area (Å²) in [4.78, 5) is 10.5. The van der Waals surface area contributed by atoms with Crippen LogP contribution in [0.4, 0.5) is 4.39 Å². The second-order valence-corrected chi connectivity index (χ2v) is 2.92. The Labute approximate surface area is 74.7 Å². The molecule has 0 aliphatic heterocycles. The van der Waals surface area contributed by atoms with Gasteiger partial charge in [-0.1, -0.05) is 11.6 Å². The highest BCUT2D eigenvalue weighted by Gasteiger charge is 2.41. The molecule has 0 heterocycles. The van der Waals surface area contributed by atoms with Crippen LogP contribution in [0.15, 0.2) is 0 Å². The van der Waals surface area contributed by atoms with Crippen LogP contribution in [0, 0.1) is 0 Å². The van der Waals surface area contributed by atoms with E-state index in [2.05, 4.69) is 0 Å². The molecule has 0 spiro atoms. The van der Waals surface area contributed by atoms with Crippen molar-refractivity contribution in [1.82, 2.24) is 0 Å². The number of carbonyl (C=O) groups is 1. The van der Waals surface area contributed by atoms with E-state index in [1.165, 1.54) is 0 Å². The van der Waals surface area contributed by atoms with Gasteiger partial charge in [-0.25, -0.2) is 4.39 Å². The molecule has 0 saturated heterocycles. The summed E-state index contributed by atoms with van der Waals surface area (Å²) in [5.74, 6) is -1.45. The molecule has 0 radical (unpaired) electrons. The van der Waals surface area contributed by atoms with Crippen LogP contribution in [0.1, 0.15) is 12.8 Å². The number of hydrogen-bond donors (Lipinski definition) is 3. The van der Waals surface area contributed by atoms with Crippen molar-refractivity contribution in [3.05, 3.63) is 0 Å². The maximum Gasteiger partial charge on any atom is 0.328 e. The summed E-state index contributed by atoms with van der Waals surface area (Å²) in [6.45, 7) is 0.260. The predicted octanol–water partition coefficient (Wildman–Crippen LogP) is 0.0418. The van der Waals surface area contributed by atoms with Crippen LogP contribution in [0.25, 0.3) is 0 Å². The fraction of sp³-hybridized carbons (Fsp3) is 0.833. The third kappa shape index (κ3) is 2.58. The van der Waals surface area contributed by atoms with Crippen LogP contribution >= 0.6 is 11.6 Å². The van der Waals surface area contributed by atoms with E-state index in [1.54, 1.807) is 0 Å². The van der Waals surface area contributed by atoms with Gasteiger partial charge in [0.2, 0.25) is 5.63 Å². The summed E-state index contributed by atoms with van der Waals surface area (Å²) in [6, 6.07) is 0. The lowest BCUT2D eigenvalue weighted by Gasteiger charge is -2.24. The second-order valence-electron chi connectivity index (χ2n) is 2.54. The van der Waals surface area contributed by atoms with Gasteiger partial charge in [0.05, 0.1) is 0 Å². The number of rotatable bonds is 5. The Balaban J connectivity index is 4.29. The van der Waals surface area contributed by atoms with E-state index in [1.807, 2.05) is 0 Å². The maximum atomic E-state index is 12.5. The van der Waals surface area contributed by atoms with Gasteiger partial charge in [-0.2, -0.15) is 0 Å². The Hall–Kier alpha value is -0.390. The molecule has 2 unspecified atom stereocenters. The molecule has 2 atom stereocenters. The fourth-order valence-electron chi connectivity index (χ4n) is 0.704. The Kier molecular flexibility index (Phi) is 4.44. The number of halogens is 2. The van der Waals surface area contributed by atoms with Crippen molar-refractivity contribution in [1.29, 1.82) is 0 Å². The number of aliphatic carboxylic acids is 1. The van der Waals surface area contributed by atoms with Gasteiger partial charge in [0.1, 0.15) is 0 Å². The van der Waals surface area contributed by atoms with E-state index in [9.17, 15) is 9.18 Å². The predicted molar refractivity (Wildman–Crippen MR) is 43.6 cm³/mol. The number of carboxylic acid groups (broad SMARTS) is 1. The van der Waals surface area contributed by atoms with Crippen molar-refractivity contribution in [3.63, 3.8) is 0 Å². The molecule has 72 valence electrons. The normalized spacial score (nSPS) is 18.3. The summed E-state index contributed by atoms with van der Waals surface area (Å²) >= 11 is 5.00. The molecule has 0 aromatic rings. The Morgan fingerprint density at radius 1 is 1.75 bits per heavy atom. The summed E-state index contributed by atoms with van der Waals surface area (Å²) in [5.41, 5.74) is 6.22. The van der Waals surface area contributed by atoms with Crippen LogP contribution < -0.4 is 11.5 Å². The molecule has 0 saturated carbocycles. The van der Waals surface area contributed by atoms with Crippen LogP contribution in [0.5, 0.6) is 0 Å². The Morgan fingerprint density at radius 2 is 2.25 bits per heavy atom. The SMILES string of the molecule is NCCCC(N)(C(=O)O)C(F)Cl. The molecule has 12 heavy (non-hydrogen) atoms. The first-order valence-corrected chi connectivity index (χ1v) is 3.89. The lowest BCUT2D eigenvalue weighted by atomic mass is 9.96. The van der Waals surface area contributed by atoms with E-state index in [4.69, 9.17) is 28.2 Å². The average Bonchev–Trinajstić information content (AvgIpc) is 1.99. The quantitative estimate of drug-likeness (QED) is 0.545. The van der Waals surface area contributed by atoms with Gasteiger partial charge in [0, 0.05) is 0 Å². The molecule has 0 amide bonds. The molecule has 5 N–H and O–H groups in total.